The third-order valence-electron chi connectivity index (χ3n) is 9.31. The predicted octanol–water partition coefficient (Wildman–Crippen LogP) is 5.97. The standard InChI is InChI=1S/C43H49N9O6/c1-52(2)18-15-45-42(53)32-7-3-30(4-8-32)38-29-36-12-11-34(27-39(36)48-38)35-13-14-37-40(28-35)50-41(49-37)31-5-9-33(10-6-31)43(54)46-16-19-55-21-23-57-25-26-58-24-22-56-20-17-47-51-44/h3-14,27-28H,15-26,29H2,1-2H3,(H,45,53)(H,46,54)(H,49,50). The van der Waals surface area contributed by atoms with Crippen LogP contribution in [0.25, 0.3) is 44.0 Å². The number of rotatable bonds is 23. The SMILES string of the molecule is CN(C)CCNC(=O)c1ccc(C2=Nc3cc(-c4ccc5nc(-c6ccc(C(=O)NCCOCCOCCOCCOCCN=[N+]=[N-])cc6)[nH]c5c4)ccc3C2)cc1. The van der Waals surface area contributed by atoms with Crippen molar-refractivity contribution in [2.45, 2.75) is 6.42 Å². The average Bonchev–Trinajstić information content (AvgIpc) is 3.88. The van der Waals surface area contributed by atoms with Crippen molar-refractivity contribution in [2.24, 2.45) is 10.1 Å². The number of likely N-dealkylation sites (N-methyl/N-ethyl adjacent to an activating group) is 1. The maximum Gasteiger partial charge on any atom is 0.251 e. The Labute approximate surface area is 337 Å². The van der Waals surface area contributed by atoms with Gasteiger partial charge in [-0.05, 0) is 84.3 Å². The first-order chi connectivity index (χ1) is 28.4. The van der Waals surface area contributed by atoms with Crippen molar-refractivity contribution in [3.8, 4) is 22.5 Å². The number of amides is 2. The fourth-order valence-electron chi connectivity index (χ4n) is 6.19. The number of nitrogens with one attached hydrogen (secondary N) is 3. The van der Waals surface area contributed by atoms with Crippen molar-refractivity contribution in [3.63, 3.8) is 0 Å². The first kappa shape index (κ1) is 41.7. The molecule has 0 unspecified atom stereocenters. The van der Waals surface area contributed by atoms with Crippen LogP contribution in [0.15, 0.2) is 95.0 Å². The molecule has 1 aliphatic rings. The van der Waals surface area contributed by atoms with Gasteiger partial charge in [-0.25, -0.2) is 4.98 Å². The maximum absolute atomic E-state index is 12.7. The quantitative estimate of drug-likeness (QED) is 0.0313. The Balaban J connectivity index is 0.935. The molecule has 5 aromatic rings. The average molecular weight is 788 g/mol. The lowest BCUT2D eigenvalue weighted by Gasteiger charge is -2.10. The molecule has 0 atom stereocenters. The fraction of sp³-hybridized carbons (Fsp3) is 0.349. The topological polar surface area (TPSA) is 188 Å². The maximum atomic E-state index is 12.7. The summed E-state index contributed by atoms with van der Waals surface area (Å²) >= 11 is 0. The van der Waals surface area contributed by atoms with Gasteiger partial charge in [0.15, 0.2) is 0 Å². The molecule has 0 saturated carbocycles. The van der Waals surface area contributed by atoms with E-state index in [1.165, 1.54) is 5.56 Å². The molecule has 6 rings (SSSR count). The minimum Gasteiger partial charge on any atom is -0.379 e. The van der Waals surface area contributed by atoms with Gasteiger partial charge in [-0.3, -0.25) is 14.6 Å². The van der Waals surface area contributed by atoms with Crippen molar-refractivity contribution < 1.29 is 28.5 Å². The zero-order valence-corrected chi connectivity index (χ0v) is 32.9. The number of benzene rings is 4. The van der Waals surface area contributed by atoms with Gasteiger partial charge in [-0.1, -0.05) is 47.6 Å². The number of ether oxygens (including phenoxy) is 4. The van der Waals surface area contributed by atoms with Gasteiger partial charge >= 0.3 is 0 Å². The summed E-state index contributed by atoms with van der Waals surface area (Å²) in [5.74, 6) is 0.459. The number of fused-ring (bicyclic) bond motifs is 2. The zero-order valence-electron chi connectivity index (χ0n) is 32.9. The van der Waals surface area contributed by atoms with Gasteiger partial charge in [0.1, 0.15) is 5.82 Å². The fourth-order valence-corrected chi connectivity index (χ4v) is 6.19. The first-order valence-corrected chi connectivity index (χ1v) is 19.3. The summed E-state index contributed by atoms with van der Waals surface area (Å²) < 4.78 is 21.7. The molecule has 4 aromatic carbocycles. The van der Waals surface area contributed by atoms with Crippen LogP contribution in [-0.4, -0.2) is 126 Å². The summed E-state index contributed by atoms with van der Waals surface area (Å²) in [6.45, 7) is 5.40. The number of carbonyl (C=O) groups is 2. The lowest BCUT2D eigenvalue weighted by Crippen LogP contribution is -2.31. The van der Waals surface area contributed by atoms with E-state index in [9.17, 15) is 9.59 Å². The third-order valence-corrected chi connectivity index (χ3v) is 9.31. The van der Waals surface area contributed by atoms with Crippen LogP contribution in [0.1, 0.15) is 31.8 Å². The molecule has 2 amide bonds. The lowest BCUT2D eigenvalue weighted by atomic mass is 9.99. The minimum absolute atomic E-state index is 0.0764. The van der Waals surface area contributed by atoms with E-state index >= 15 is 0 Å². The third kappa shape index (κ3) is 12.0. The second kappa shape index (κ2) is 21.6. The number of imidazole rings is 1. The number of aromatic amines is 1. The molecule has 302 valence electrons. The van der Waals surface area contributed by atoms with E-state index in [0.717, 1.165) is 63.5 Å². The van der Waals surface area contributed by atoms with Crippen molar-refractivity contribution >= 4 is 34.2 Å². The van der Waals surface area contributed by atoms with Gasteiger partial charge < -0.3 is 39.5 Å². The highest BCUT2D eigenvalue weighted by Gasteiger charge is 2.18. The molecular weight excluding hydrogens is 739 g/mol. The molecule has 0 spiro atoms. The smallest absolute Gasteiger partial charge is 0.251 e. The molecule has 15 heteroatoms. The number of hydrogen-bond donors (Lipinski definition) is 3. The molecule has 0 bridgehead atoms. The molecule has 2 heterocycles. The van der Waals surface area contributed by atoms with Crippen LogP contribution in [0.3, 0.4) is 0 Å². The number of H-pyrrole nitrogens is 1. The molecule has 1 aromatic heterocycles. The molecule has 0 saturated heterocycles. The van der Waals surface area contributed by atoms with Crippen molar-refractivity contribution in [2.75, 3.05) is 93.1 Å². The monoisotopic (exact) mass is 787 g/mol. The number of aliphatic imine (C=N–C) groups is 1. The Morgan fingerprint density at radius 1 is 0.724 bits per heavy atom. The molecule has 0 aliphatic carbocycles. The molecule has 1 aliphatic heterocycles. The van der Waals surface area contributed by atoms with E-state index in [1.807, 2.05) is 61.5 Å². The van der Waals surface area contributed by atoms with Crippen LogP contribution < -0.4 is 10.6 Å². The van der Waals surface area contributed by atoms with Gasteiger partial charge in [-0.15, -0.1) is 0 Å². The molecule has 15 nitrogen and oxygen atoms in total. The van der Waals surface area contributed by atoms with Crippen molar-refractivity contribution in [1.29, 1.82) is 0 Å². The van der Waals surface area contributed by atoms with Crippen LogP contribution in [-0.2, 0) is 25.4 Å². The van der Waals surface area contributed by atoms with Crippen LogP contribution in [0.4, 0.5) is 5.69 Å². The van der Waals surface area contributed by atoms with E-state index in [1.54, 1.807) is 12.1 Å². The Morgan fingerprint density at radius 3 is 1.95 bits per heavy atom. The van der Waals surface area contributed by atoms with Crippen molar-refractivity contribution in [3.05, 3.63) is 118 Å². The number of nitrogens with zero attached hydrogens (tertiary/aromatic N) is 6. The normalized spacial score (nSPS) is 12.0. The summed E-state index contributed by atoms with van der Waals surface area (Å²) in [6, 6.07) is 27.5. The second-order valence-corrected chi connectivity index (χ2v) is 13.8. The van der Waals surface area contributed by atoms with E-state index in [0.29, 0.717) is 83.6 Å². The summed E-state index contributed by atoms with van der Waals surface area (Å²) in [4.78, 5) is 43.1. The highest BCUT2D eigenvalue weighted by Crippen LogP contribution is 2.34. The molecular formula is C43H49N9O6. The van der Waals surface area contributed by atoms with Crippen LogP contribution >= 0.6 is 0 Å². The van der Waals surface area contributed by atoms with E-state index < -0.39 is 0 Å². The molecule has 0 radical (unpaired) electrons. The number of aromatic nitrogens is 2. The van der Waals surface area contributed by atoms with Gasteiger partial charge in [0.2, 0.25) is 0 Å². The van der Waals surface area contributed by atoms with E-state index in [2.05, 4.69) is 56.0 Å². The number of azide groups is 1. The Morgan fingerprint density at radius 2 is 1.29 bits per heavy atom. The summed E-state index contributed by atoms with van der Waals surface area (Å²) in [5.41, 5.74) is 18.2. The van der Waals surface area contributed by atoms with Gasteiger partial charge in [0.05, 0.1) is 75.3 Å². The highest BCUT2D eigenvalue weighted by atomic mass is 16.6. The molecule has 0 fully saturated rings. The van der Waals surface area contributed by atoms with Crippen LogP contribution in [0.2, 0.25) is 0 Å². The van der Waals surface area contributed by atoms with Crippen LogP contribution in [0, 0.1) is 0 Å². The molecule has 3 N–H and O–H groups in total. The Hall–Kier alpha value is -5.93. The summed E-state index contributed by atoms with van der Waals surface area (Å²) in [7, 11) is 3.96. The Kier molecular flexibility index (Phi) is 15.5. The first-order valence-electron chi connectivity index (χ1n) is 19.3. The molecule has 58 heavy (non-hydrogen) atoms. The Bertz CT molecular complexity index is 2210. The predicted molar refractivity (Wildman–Crippen MR) is 224 cm³/mol. The summed E-state index contributed by atoms with van der Waals surface area (Å²) in [6.07, 6.45) is 0.735. The number of carbonyl (C=O) groups excluding carboxylic acids is 2. The number of hydrogen-bond acceptors (Lipinski definition) is 10. The largest absolute Gasteiger partial charge is 0.379 e. The van der Waals surface area contributed by atoms with E-state index in [-0.39, 0.29) is 11.8 Å². The van der Waals surface area contributed by atoms with Gasteiger partial charge in [-0.2, -0.15) is 0 Å². The van der Waals surface area contributed by atoms with E-state index in [4.69, 9.17) is 34.5 Å². The van der Waals surface area contributed by atoms with Crippen molar-refractivity contribution in [1.82, 2.24) is 25.5 Å². The van der Waals surface area contributed by atoms with Crippen LogP contribution in [0.5, 0.6) is 0 Å². The highest BCUT2D eigenvalue weighted by molar-refractivity contribution is 6.07. The lowest BCUT2D eigenvalue weighted by molar-refractivity contribution is -0.000572. The summed E-state index contributed by atoms with van der Waals surface area (Å²) in [5, 5.41) is 9.23. The van der Waals surface area contributed by atoms with Gasteiger partial charge in [0.25, 0.3) is 11.8 Å². The second-order valence-electron chi connectivity index (χ2n) is 13.8. The van der Waals surface area contributed by atoms with Gasteiger partial charge in [0, 0.05) is 54.2 Å². The minimum atomic E-state index is -0.182. The zero-order chi connectivity index (χ0) is 40.5.